The number of aliphatic hydroxyl groups excluding tert-OH is 1. The van der Waals surface area contributed by atoms with Gasteiger partial charge < -0.3 is 10.4 Å². The van der Waals surface area contributed by atoms with E-state index in [1.165, 1.54) is 18.9 Å². The summed E-state index contributed by atoms with van der Waals surface area (Å²) in [5.41, 5.74) is 1.31. The van der Waals surface area contributed by atoms with Gasteiger partial charge in [-0.3, -0.25) is 0 Å². The first kappa shape index (κ1) is 13.5. The van der Waals surface area contributed by atoms with Crippen LogP contribution in [0.5, 0.6) is 0 Å². The van der Waals surface area contributed by atoms with Gasteiger partial charge in [-0.2, -0.15) is 0 Å². The van der Waals surface area contributed by atoms with Gasteiger partial charge in [0.1, 0.15) is 5.82 Å². The summed E-state index contributed by atoms with van der Waals surface area (Å²) in [6.07, 6.45) is 4.21. The lowest BCUT2D eigenvalue weighted by molar-refractivity contribution is 0.241. The number of hydrogen-bond donors (Lipinski definition) is 2. The number of nitrogens with one attached hydrogen (secondary N) is 1. The Morgan fingerprint density at radius 2 is 2.22 bits per heavy atom. The zero-order chi connectivity index (χ0) is 13.0. The van der Waals surface area contributed by atoms with Crippen LogP contribution in [0.3, 0.4) is 0 Å². The van der Waals surface area contributed by atoms with Gasteiger partial charge in [0.05, 0.1) is 0 Å². The highest BCUT2D eigenvalue weighted by molar-refractivity contribution is 5.20. The SMILES string of the molecule is CCC(NCC1(CCO)CC1)c1cccc(F)c1. The zero-order valence-corrected chi connectivity index (χ0v) is 11.0. The number of rotatable bonds is 7. The van der Waals surface area contributed by atoms with Crippen molar-refractivity contribution < 1.29 is 9.50 Å². The van der Waals surface area contributed by atoms with E-state index in [4.69, 9.17) is 5.11 Å². The summed E-state index contributed by atoms with van der Waals surface area (Å²) in [5, 5.41) is 12.6. The van der Waals surface area contributed by atoms with E-state index in [0.29, 0.717) is 5.41 Å². The molecule has 0 bridgehead atoms. The summed E-state index contributed by atoms with van der Waals surface area (Å²) in [6, 6.07) is 7.01. The summed E-state index contributed by atoms with van der Waals surface area (Å²) in [4.78, 5) is 0. The fourth-order valence-corrected chi connectivity index (χ4v) is 2.49. The summed E-state index contributed by atoms with van der Waals surface area (Å²) in [6.45, 7) is 3.29. The van der Waals surface area contributed by atoms with E-state index >= 15 is 0 Å². The fraction of sp³-hybridized carbons (Fsp3) is 0.600. The molecule has 1 fully saturated rings. The minimum absolute atomic E-state index is 0.177. The van der Waals surface area contributed by atoms with Crippen LogP contribution in [0.2, 0.25) is 0 Å². The van der Waals surface area contributed by atoms with Gasteiger partial charge in [0.15, 0.2) is 0 Å². The Balaban J connectivity index is 1.93. The molecule has 1 aromatic carbocycles. The van der Waals surface area contributed by atoms with E-state index in [2.05, 4.69) is 12.2 Å². The Kier molecular flexibility index (Phi) is 4.36. The second-order valence-electron chi connectivity index (χ2n) is 5.37. The van der Waals surface area contributed by atoms with Crippen molar-refractivity contribution >= 4 is 0 Å². The van der Waals surface area contributed by atoms with E-state index in [-0.39, 0.29) is 18.5 Å². The molecule has 1 aliphatic carbocycles. The first-order valence-corrected chi connectivity index (χ1v) is 6.79. The molecular formula is C15H22FNO. The van der Waals surface area contributed by atoms with Crippen molar-refractivity contribution in [2.24, 2.45) is 5.41 Å². The maximum Gasteiger partial charge on any atom is 0.123 e. The number of halogens is 1. The third-order valence-corrected chi connectivity index (χ3v) is 3.98. The molecule has 0 amide bonds. The average molecular weight is 251 g/mol. The number of aliphatic hydroxyl groups is 1. The smallest absolute Gasteiger partial charge is 0.123 e. The summed E-state index contributed by atoms with van der Waals surface area (Å²) < 4.78 is 13.2. The van der Waals surface area contributed by atoms with Gasteiger partial charge in [-0.1, -0.05) is 19.1 Å². The molecule has 1 aromatic rings. The first-order valence-electron chi connectivity index (χ1n) is 6.79. The van der Waals surface area contributed by atoms with Crippen LogP contribution in [-0.4, -0.2) is 18.3 Å². The Hall–Kier alpha value is -0.930. The molecule has 0 aliphatic heterocycles. The summed E-state index contributed by atoms with van der Waals surface area (Å²) in [7, 11) is 0. The minimum atomic E-state index is -0.177. The van der Waals surface area contributed by atoms with E-state index < -0.39 is 0 Å². The highest BCUT2D eigenvalue weighted by atomic mass is 19.1. The maximum atomic E-state index is 13.2. The van der Waals surface area contributed by atoms with E-state index in [9.17, 15) is 4.39 Å². The predicted molar refractivity (Wildman–Crippen MR) is 70.8 cm³/mol. The largest absolute Gasteiger partial charge is 0.396 e. The molecule has 100 valence electrons. The number of hydrogen-bond acceptors (Lipinski definition) is 2. The summed E-state index contributed by atoms with van der Waals surface area (Å²) in [5.74, 6) is -0.177. The van der Waals surface area contributed by atoms with Crippen molar-refractivity contribution in [1.82, 2.24) is 5.32 Å². The molecule has 2 nitrogen and oxygen atoms in total. The van der Waals surface area contributed by atoms with E-state index in [0.717, 1.165) is 24.9 Å². The van der Waals surface area contributed by atoms with Gasteiger partial charge in [0.2, 0.25) is 0 Å². The second-order valence-corrected chi connectivity index (χ2v) is 5.37. The van der Waals surface area contributed by atoms with Gasteiger partial charge in [-0.25, -0.2) is 4.39 Å². The van der Waals surface area contributed by atoms with Crippen molar-refractivity contribution in [3.63, 3.8) is 0 Å². The molecule has 1 atom stereocenters. The Bertz CT molecular complexity index is 390. The fourth-order valence-electron chi connectivity index (χ4n) is 2.49. The monoisotopic (exact) mass is 251 g/mol. The molecule has 2 rings (SSSR count). The van der Waals surface area contributed by atoms with Gasteiger partial charge in [0, 0.05) is 19.2 Å². The molecule has 1 unspecified atom stereocenters. The molecule has 3 heteroatoms. The molecule has 18 heavy (non-hydrogen) atoms. The lowest BCUT2D eigenvalue weighted by Gasteiger charge is -2.22. The summed E-state index contributed by atoms with van der Waals surface area (Å²) >= 11 is 0. The lowest BCUT2D eigenvalue weighted by atomic mass is 10.00. The Morgan fingerprint density at radius 3 is 2.78 bits per heavy atom. The predicted octanol–water partition coefficient (Wildman–Crippen LogP) is 3.03. The van der Waals surface area contributed by atoms with Crippen LogP contribution in [0.1, 0.15) is 44.2 Å². The first-order chi connectivity index (χ1) is 8.69. The number of benzene rings is 1. The molecule has 0 saturated heterocycles. The minimum Gasteiger partial charge on any atom is -0.396 e. The molecular weight excluding hydrogens is 229 g/mol. The quantitative estimate of drug-likeness (QED) is 0.780. The van der Waals surface area contributed by atoms with Crippen LogP contribution in [0, 0.1) is 11.2 Å². The van der Waals surface area contributed by atoms with Gasteiger partial charge in [-0.15, -0.1) is 0 Å². The van der Waals surface area contributed by atoms with Crippen molar-refractivity contribution in [2.75, 3.05) is 13.2 Å². The molecule has 0 heterocycles. The highest BCUT2D eigenvalue weighted by Gasteiger charge is 2.41. The highest BCUT2D eigenvalue weighted by Crippen LogP contribution is 2.48. The second kappa shape index (κ2) is 5.81. The van der Waals surface area contributed by atoms with Crippen LogP contribution in [-0.2, 0) is 0 Å². The van der Waals surface area contributed by atoms with Gasteiger partial charge in [0.25, 0.3) is 0 Å². The molecule has 0 aromatic heterocycles. The lowest BCUT2D eigenvalue weighted by Crippen LogP contribution is -2.28. The Labute approximate surface area is 108 Å². The molecule has 1 saturated carbocycles. The topological polar surface area (TPSA) is 32.3 Å². The van der Waals surface area contributed by atoms with Gasteiger partial charge in [-0.05, 0) is 48.8 Å². The third kappa shape index (κ3) is 3.30. The van der Waals surface area contributed by atoms with Crippen molar-refractivity contribution in [3.05, 3.63) is 35.6 Å². The molecule has 0 radical (unpaired) electrons. The van der Waals surface area contributed by atoms with Gasteiger partial charge >= 0.3 is 0 Å². The van der Waals surface area contributed by atoms with Crippen molar-refractivity contribution in [2.45, 2.75) is 38.6 Å². The Morgan fingerprint density at radius 1 is 1.44 bits per heavy atom. The normalized spacial score (nSPS) is 18.6. The van der Waals surface area contributed by atoms with Crippen LogP contribution >= 0.6 is 0 Å². The van der Waals surface area contributed by atoms with Crippen LogP contribution in [0.4, 0.5) is 4.39 Å². The van der Waals surface area contributed by atoms with Crippen molar-refractivity contribution in [1.29, 1.82) is 0 Å². The molecule has 1 aliphatic rings. The third-order valence-electron chi connectivity index (χ3n) is 3.98. The van der Waals surface area contributed by atoms with Crippen molar-refractivity contribution in [3.8, 4) is 0 Å². The standard InChI is InChI=1S/C15H22FNO/c1-2-14(12-4-3-5-13(16)10-12)17-11-15(6-7-15)8-9-18/h3-5,10,14,17-18H,2,6-9,11H2,1H3. The maximum absolute atomic E-state index is 13.2. The zero-order valence-electron chi connectivity index (χ0n) is 11.0. The average Bonchev–Trinajstić information content (AvgIpc) is 3.11. The van der Waals surface area contributed by atoms with E-state index in [1.807, 2.05) is 6.07 Å². The molecule has 2 N–H and O–H groups in total. The van der Waals surface area contributed by atoms with E-state index in [1.54, 1.807) is 12.1 Å². The van der Waals surface area contributed by atoms with Crippen LogP contribution in [0.25, 0.3) is 0 Å². The molecule has 0 spiro atoms. The van der Waals surface area contributed by atoms with Crippen LogP contribution in [0.15, 0.2) is 24.3 Å². The van der Waals surface area contributed by atoms with Crippen LogP contribution < -0.4 is 5.32 Å².